The van der Waals surface area contributed by atoms with Crippen LogP contribution in [0.1, 0.15) is 12.8 Å². The fraction of sp³-hybridized carbons (Fsp3) is 0.632. The minimum atomic E-state index is -3.72. The Morgan fingerprint density at radius 2 is 2.07 bits per heavy atom. The Kier molecular flexibility index (Phi) is 7.75. The van der Waals surface area contributed by atoms with Crippen LogP contribution in [0.4, 0.5) is 0 Å². The molecule has 1 atom stereocenters. The summed E-state index contributed by atoms with van der Waals surface area (Å²) in [7, 11) is -2.25. The SMILES string of the molecule is COc1ccc(S(=O)(=O)N2CCC[C@H](C(=O)NCCN3CCOCC3)C2)cc1Cl. The van der Waals surface area contributed by atoms with E-state index in [1.54, 1.807) is 0 Å². The number of methoxy groups -OCH3 is 1. The molecule has 1 aromatic rings. The van der Waals surface area contributed by atoms with E-state index in [-0.39, 0.29) is 28.3 Å². The summed E-state index contributed by atoms with van der Waals surface area (Å²) in [6, 6.07) is 4.41. The van der Waals surface area contributed by atoms with Crippen LogP contribution < -0.4 is 10.1 Å². The van der Waals surface area contributed by atoms with Gasteiger partial charge in [0.1, 0.15) is 5.75 Å². The first-order chi connectivity index (χ1) is 13.9. The standard InChI is InChI=1S/C19H28ClN3O5S/c1-27-18-5-4-16(13-17(18)20)29(25,26)23-7-2-3-15(14-23)19(24)21-6-8-22-9-11-28-12-10-22/h4-5,13,15H,2-3,6-12,14H2,1H3,(H,21,24)/t15-/m0/s1. The average Bonchev–Trinajstić information content (AvgIpc) is 2.74. The molecule has 162 valence electrons. The summed E-state index contributed by atoms with van der Waals surface area (Å²) in [5.74, 6) is -0.0235. The lowest BCUT2D eigenvalue weighted by molar-refractivity contribution is -0.126. The van der Waals surface area contributed by atoms with Crippen LogP contribution in [-0.2, 0) is 19.6 Å². The summed E-state index contributed by atoms with van der Waals surface area (Å²) in [5, 5.41) is 3.19. The maximum atomic E-state index is 13.0. The molecule has 2 saturated heterocycles. The first-order valence-electron chi connectivity index (χ1n) is 9.83. The van der Waals surface area contributed by atoms with Crippen LogP contribution in [0.5, 0.6) is 5.75 Å². The fourth-order valence-corrected chi connectivity index (χ4v) is 5.51. The lowest BCUT2D eigenvalue weighted by atomic mass is 9.99. The van der Waals surface area contributed by atoms with E-state index >= 15 is 0 Å². The third-order valence-electron chi connectivity index (χ3n) is 5.35. The van der Waals surface area contributed by atoms with Gasteiger partial charge in [-0.25, -0.2) is 8.42 Å². The van der Waals surface area contributed by atoms with Gasteiger partial charge in [0, 0.05) is 39.3 Å². The first-order valence-corrected chi connectivity index (χ1v) is 11.6. The third kappa shape index (κ3) is 5.61. The highest BCUT2D eigenvalue weighted by molar-refractivity contribution is 7.89. The van der Waals surface area contributed by atoms with Gasteiger partial charge < -0.3 is 14.8 Å². The molecule has 1 amide bonds. The van der Waals surface area contributed by atoms with E-state index in [1.165, 1.54) is 29.6 Å². The molecular formula is C19H28ClN3O5S. The molecule has 8 nitrogen and oxygen atoms in total. The predicted octanol–water partition coefficient (Wildman–Crippen LogP) is 1.20. The van der Waals surface area contributed by atoms with Crippen molar-refractivity contribution in [2.24, 2.45) is 5.92 Å². The van der Waals surface area contributed by atoms with Gasteiger partial charge in [0.2, 0.25) is 15.9 Å². The van der Waals surface area contributed by atoms with Gasteiger partial charge in [-0.2, -0.15) is 4.31 Å². The topological polar surface area (TPSA) is 88.2 Å². The molecular weight excluding hydrogens is 418 g/mol. The highest BCUT2D eigenvalue weighted by Gasteiger charge is 2.33. The van der Waals surface area contributed by atoms with Crippen molar-refractivity contribution in [2.75, 3.05) is 59.6 Å². The van der Waals surface area contributed by atoms with Crippen LogP contribution in [0.15, 0.2) is 23.1 Å². The van der Waals surface area contributed by atoms with E-state index in [1.807, 2.05) is 0 Å². The van der Waals surface area contributed by atoms with E-state index < -0.39 is 10.0 Å². The van der Waals surface area contributed by atoms with Crippen LogP contribution in [0, 0.1) is 5.92 Å². The number of carbonyl (C=O) groups excluding carboxylic acids is 1. The predicted molar refractivity (Wildman–Crippen MR) is 110 cm³/mol. The van der Waals surface area contributed by atoms with Crippen molar-refractivity contribution in [3.05, 3.63) is 23.2 Å². The molecule has 2 aliphatic heterocycles. The zero-order chi connectivity index (χ0) is 20.9. The van der Waals surface area contributed by atoms with E-state index in [2.05, 4.69) is 10.2 Å². The van der Waals surface area contributed by atoms with Crippen LogP contribution in [0.3, 0.4) is 0 Å². The normalized spacial score (nSPS) is 21.7. The molecule has 1 N–H and O–H groups in total. The molecule has 3 rings (SSSR count). The summed E-state index contributed by atoms with van der Waals surface area (Å²) in [6.07, 6.45) is 1.32. The van der Waals surface area contributed by atoms with Crippen molar-refractivity contribution < 1.29 is 22.7 Å². The fourth-order valence-electron chi connectivity index (χ4n) is 3.64. The van der Waals surface area contributed by atoms with Crippen molar-refractivity contribution in [3.63, 3.8) is 0 Å². The maximum absolute atomic E-state index is 13.0. The molecule has 1 aromatic carbocycles. The molecule has 0 bridgehead atoms. The number of nitrogens with one attached hydrogen (secondary N) is 1. The summed E-state index contributed by atoms with van der Waals surface area (Å²) in [6.45, 7) is 5.08. The molecule has 2 aliphatic rings. The number of rotatable bonds is 7. The molecule has 0 unspecified atom stereocenters. The summed E-state index contributed by atoms with van der Waals surface area (Å²) < 4.78 is 37.8. The number of carbonyl (C=O) groups is 1. The lowest BCUT2D eigenvalue weighted by Crippen LogP contribution is -2.47. The monoisotopic (exact) mass is 445 g/mol. The van der Waals surface area contributed by atoms with E-state index in [4.69, 9.17) is 21.1 Å². The van der Waals surface area contributed by atoms with Gasteiger partial charge in [-0.15, -0.1) is 0 Å². The second-order valence-corrected chi connectivity index (χ2v) is 9.59. The Hall–Kier alpha value is -1.39. The zero-order valence-electron chi connectivity index (χ0n) is 16.6. The Bertz CT molecular complexity index is 814. The Balaban J connectivity index is 1.57. The number of hydrogen-bond donors (Lipinski definition) is 1. The number of halogens is 1. The largest absolute Gasteiger partial charge is 0.495 e. The summed E-state index contributed by atoms with van der Waals surface area (Å²) in [4.78, 5) is 14.9. The Labute approximate surface area is 177 Å². The summed E-state index contributed by atoms with van der Waals surface area (Å²) >= 11 is 6.09. The molecule has 2 heterocycles. The number of morpholine rings is 1. The number of amides is 1. The van der Waals surface area contributed by atoms with Gasteiger partial charge in [0.15, 0.2) is 0 Å². The van der Waals surface area contributed by atoms with E-state index in [0.29, 0.717) is 31.7 Å². The second-order valence-electron chi connectivity index (χ2n) is 7.24. The van der Waals surface area contributed by atoms with Gasteiger partial charge in [0.05, 0.1) is 36.2 Å². The van der Waals surface area contributed by atoms with Crippen molar-refractivity contribution in [3.8, 4) is 5.75 Å². The van der Waals surface area contributed by atoms with Gasteiger partial charge in [-0.1, -0.05) is 11.6 Å². The van der Waals surface area contributed by atoms with Gasteiger partial charge in [-0.05, 0) is 31.0 Å². The van der Waals surface area contributed by atoms with Crippen LogP contribution in [0.2, 0.25) is 5.02 Å². The zero-order valence-corrected chi connectivity index (χ0v) is 18.2. The van der Waals surface area contributed by atoms with Crippen molar-refractivity contribution >= 4 is 27.5 Å². The molecule has 0 radical (unpaired) electrons. The van der Waals surface area contributed by atoms with Crippen LogP contribution in [0.25, 0.3) is 0 Å². The Morgan fingerprint density at radius 1 is 1.31 bits per heavy atom. The van der Waals surface area contributed by atoms with Gasteiger partial charge in [0.25, 0.3) is 0 Å². The number of piperidine rings is 1. The highest BCUT2D eigenvalue weighted by atomic mass is 35.5. The molecule has 2 fully saturated rings. The third-order valence-corrected chi connectivity index (χ3v) is 7.50. The van der Waals surface area contributed by atoms with Crippen molar-refractivity contribution in [1.29, 1.82) is 0 Å². The number of nitrogens with zero attached hydrogens (tertiary/aromatic N) is 2. The lowest BCUT2D eigenvalue weighted by Gasteiger charge is -2.31. The van der Waals surface area contributed by atoms with Crippen LogP contribution in [-0.4, -0.2) is 83.1 Å². The Morgan fingerprint density at radius 3 is 2.76 bits per heavy atom. The summed E-state index contributed by atoms with van der Waals surface area (Å²) in [5.41, 5.74) is 0. The number of sulfonamides is 1. The quantitative estimate of drug-likeness (QED) is 0.678. The molecule has 0 saturated carbocycles. The van der Waals surface area contributed by atoms with E-state index in [9.17, 15) is 13.2 Å². The number of ether oxygens (including phenoxy) is 2. The van der Waals surface area contributed by atoms with Gasteiger partial charge >= 0.3 is 0 Å². The molecule has 29 heavy (non-hydrogen) atoms. The molecule has 0 aliphatic carbocycles. The molecule has 0 aromatic heterocycles. The van der Waals surface area contributed by atoms with Crippen LogP contribution >= 0.6 is 11.6 Å². The first kappa shape index (κ1) is 22.3. The molecule has 10 heteroatoms. The second kappa shape index (κ2) is 10.1. The minimum Gasteiger partial charge on any atom is -0.495 e. The number of benzene rings is 1. The highest BCUT2D eigenvalue weighted by Crippen LogP contribution is 2.30. The maximum Gasteiger partial charge on any atom is 0.243 e. The van der Waals surface area contributed by atoms with E-state index in [0.717, 1.165) is 32.8 Å². The van der Waals surface area contributed by atoms with Crippen molar-refractivity contribution in [1.82, 2.24) is 14.5 Å². The van der Waals surface area contributed by atoms with Gasteiger partial charge in [-0.3, -0.25) is 9.69 Å². The molecule has 0 spiro atoms. The minimum absolute atomic E-state index is 0.0917. The smallest absolute Gasteiger partial charge is 0.243 e. The number of hydrogen-bond acceptors (Lipinski definition) is 6. The van der Waals surface area contributed by atoms with Crippen molar-refractivity contribution in [2.45, 2.75) is 17.7 Å². The average molecular weight is 446 g/mol.